The molecule has 10 heteroatoms. The highest BCUT2D eigenvalue weighted by molar-refractivity contribution is 7.91. The van der Waals surface area contributed by atoms with Gasteiger partial charge in [-0.25, -0.2) is 13.9 Å². The Morgan fingerprint density at radius 2 is 1.72 bits per heavy atom. The van der Waals surface area contributed by atoms with Gasteiger partial charge in [0, 0.05) is 48.0 Å². The van der Waals surface area contributed by atoms with Gasteiger partial charge in [-0.15, -0.1) is 0 Å². The molecule has 0 atom stereocenters. The number of anilines is 1. The predicted octanol–water partition coefficient (Wildman–Crippen LogP) is 3.59. The molecule has 0 aliphatic carbocycles. The number of carbonyl (C=O) groups excluding carboxylic acids is 1. The van der Waals surface area contributed by atoms with E-state index in [4.69, 9.17) is 10.5 Å². The van der Waals surface area contributed by atoms with Crippen molar-refractivity contribution in [3.05, 3.63) is 95.6 Å². The molecule has 0 unspecified atom stereocenters. The third-order valence-corrected chi connectivity index (χ3v) is 7.81. The van der Waals surface area contributed by atoms with Gasteiger partial charge in [0.2, 0.25) is 9.84 Å². The minimum absolute atomic E-state index is 0.0563. The highest BCUT2D eigenvalue weighted by Gasteiger charge is 2.33. The molecule has 0 spiro atoms. The molecule has 4 N–H and O–H groups in total. The van der Waals surface area contributed by atoms with Crippen molar-refractivity contribution in [1.29, 1.82) is 0 Å². The molecule has 0 saturated heterocycles. The summed E-state index contributed by atoms with van der Waals surface area (Å²) >= 11 is 0. The van der Waals surface area contributed by atoms with Gasteiger partial charge in [-0.05, 0) is 60.0 Å². The van der Waals surface area contributed by atoms with Crippen LogP contribution in [0.15, 0.2) is 83.1 Å². The number of nitrogens with zero attached hydrogens (tertiary/aromatic N) is 2. The Hall–Kier alpha value is -4.28. The normalized spacial score (nSPS) is 11.2. The number of amides is 1. The van der Waals surface area contributed by atoms with E-state index in [0.717, 1.165) is 0 Å². The van der Waals surface area contributed by atoms with Crippen LogP contribution < -0.4 is 16.0 Å². The quantitative estimate of drug-likeness (QED) is 0.197. The molecule has 184 valence electrons. The van der Waals surface area contributed by atoms with Crippen LogP contribution in [0.3, 0.4) is 0 Å². The number of pyridine rings is 2. The summed E-state index contributed by atoms with van der Waals surface area (Å²) in [5.41, 5.74) is 10.4. The van der Waals surface area contributed by atoms with Crippen molar-refractivity contribution < 1.29 is 23.2 Å². The van der Waals surface area contributed by atoms with Gasteiger partial charge < -0.3 is 10.5 Å². The summed E-state index contributed by atoms with van der Waals surface area (Å²) in [6.07, 6.45) is 6.51. The van der Waals surface area contributed by atoms with E-state index >= 15 is 0 Å². The average Bonchev–Trinajstić information content (AvgIpc) is 2.91. The monoisotopic (exact) mass is 504 g/mol. The molecule has 9 nitrogen and oxygen atoms in total. The molecule has 2 heterocycles. The van der Waals surface area contributed by atoms with Gasteiger partial charge >= 0.3 is 0 Å². The molecule has 1 amide bonds. The first-order valence-electron chi connectivity index (χ1n) is 10.9. The van der Waals surface area contributed by atoms with Crippen molar-refractivity contribution in [3.8, 4) is 16.9 Å². The van der Waals surface area contributed by atoms with Crippen LogP contribution in [-0.2, 0) is 16.3 Å². The highest BCUT2D eigenvalue weighted by Crippen LogP contribution is 2.42. The standard InChI is InChI=1S/C26H24N4O5S/c1-16-24(27)22(18-6-4-12-29-15-18)21(13-17-5-3-11-28-14-17)23(26(31)30-32)25(16)36(33,34)20-9-7-19(35-2)8-10-20/h3-12,14-15,32H,13,27H2,1-2H3,(H,30,31). The average molecular weight is 505 g/mol. The highest BCUT2D eigenvalue weighted by atomic mass is 32.2. The molecule has 36 heavy (non-hydrogen) atoms. The molecule has 0 aliphatic rings. The largest absolute Gasteiger partial charge is 0.497 e. The second-order valence-corrected chi connectivity index (χ2v) is 9.88. The van der Waals surface area contributed by atoms with Gasteiger partial charge in [0.25, 0.3) is 5.91 Å². The fourth-order valence-electron chi connectivity index (χ4n) is 4.15. The number of nitrogens with two attached hydrogens (primary N) is 1. The number of benzene rings is 2. The molecular weight excluding hydrogens is 480 g/mol. The van der Waals surface area contributed by atoms with Crippen LogP contribution in [0.1, 0.15) is 27.0 Å². The molecule has 0 aliphatic heterocycles. The topological polar surface area (TPSA) is 144 Å². The first-order valence-corrected chi connectivity index (χ1v) is 12.4. The van der Waals surface area contributed by atoms with Gasteiger partial charge in [-0.1, -0.05) is 12.1 Å². The first kappa shape index (κ1) is 24.8. The van der Waals surface area contributed by atoms with Crippen LogP contribution in [0, 0.1) is 6.92 Å². The van der Waals surface area contributed by atoms with Crippen molar-refractivity contribution in [1.82, 2.24) is 15.4 Å². The number of hydrogen-bond donors (Lipinski definition) is 3. The number of hydroxylamine groups is 1. The second kappa shape index (κ2) is 10.1. The van der Waals surface area contributed by atoms with E-state index in [9.17, 15) is 18.4 Å². The predicted molar refractivity (Wildman–Crippen MR) is 134 cm³/mol. The molecule has 4 rings (SSSR count). The molecular formula is C26H24N4O5S. The van der Waals surface area contributed by atoms with Crippen LogP contribution in [-0.4, -0.2) is 36.6 Å². The summed E-state index contributed by atoms with van der Waals surface area (Å²) in [6, 6.07) is 12.8. The number of carbonyl (C=O) groups is 1. The summed E-state index contributed by atoms with van der Waals surface area (Å²) < 4.78 is 33.0. The van der Waals surface area contributed by atoms with Crippen LogP contribution in [0.4, 0.5) is 5.69 Å². The van der Waals surface area contributed by atoms with Crippen molar-refractivity contribution >= 4 is 21.4 Å². The SMILES string of the molecule is COc1ccc(S(=O)(=O)c2c(C)c(N)c(-c3cccnc3)c(Cc3cccnc3)c2C(=O)NO)cc1. The van der Waals surface area contributed by atoms with E-state index < -0.39 is 15.7 Å². The summed E-state index contributed by atoms with van der Waals surface area (Å²) in [7, 11) is -2.78. The number of hydrogen-bond acceptors (Lipinski definition) is 8. The van der Waals surface area contributed by atoms with Crippen molar-refractivity contribution in [2.24, 2.45) is 0 Å². The van der Waals surface area contributed by atoms with E-state index in [1.54, 1.807) is 54.5 Å². The molecule has 2 aromatic heterocycles. The first-order chi connectivity index (χ1) is 17.3. The maximum atomic E-state index is 13.9. The smallest absolute Gasteiger partial charge is 0.276 e. The van der Waals surface area contributed by atoms with Gasteiger partial charge in [0.15, 0.2) is 0 Å². The Morgan fingerprint density at radius 3 is 2.28 bits per heavy atom. The molecule has 0 bridgehead atoms. The lowest BCUT2D eigenvalue weighted by Gasteiger charge is -2.23. The van der Waals surface area contributed by atoms with Crippen molar-refractivity contribution in [2.45, 2.75) is 23.1 Å². The van der Waals surface area contributed by atoms with E-state index in [-0.39, 0.29) is 33.0 Å². The van der Waals surface area contributed by atoms with E-state index in [0.29, 0.717) is 28.0 Å². The maximum absolute atomic E-state index is 13.9. The zero-order chi connectivity index (χ0) is 25.9. The van der Waals surface area contributed by atoms with Crippen molar-refractivity contribution in [3.63, 3.8) is 0 Å². The summed E-state index contributed by atoms with van der Waals surface area (Å²) in [6.45, 7) is 1.54. The number of methoxy groups -OCH3 is 1. The third kappa shape index (κ3) is 4.51. The van der Waals surface area contributed by atoms with Gasteiger partial charge in [0.1, 0.15) is 5.75 Å². The zero-order valence-corrected chi connectivity index (χ0v) is 20.4. The second-order valence-electron chi connectivity index (χ2n) is 8.00. The van der Waals surface area contributed by atoms with Crippen LogP contribution in [0.5, 0.6) is 5.75 Å². The Bertz CT molecular complexity index is 1510. The minimum Gasteiger partial charge on any atom is -0.497 e. The summed E-state index contributed by atoms with van der Waals surface area (Å²) in [5, 5.41) is 9.66. The minimum atomic E-state index is -4.26. The Morgan fingerprint density at radius 1 is 1.06 bits per heavy atom. The Balaban J connectivity index is 2.11. The van der Waals surface area contributed by atoms with Crippen LogP contribution in [0.2, 0.25) is 0 Å². The van der Waals surface area contributed by atoms with Crippen molar-refractivity contribution in [2.75, 3.05) is 12.8 Å². The number of rotatable bonds is 7. The molecule has 0 fully saturated rings. The molecule has 4 aromatic rings. The number of nitrogens with one attached hydrogen (secondary N) is 1. The van der Waals surface area contributed by atoms with Gasteiger partial charge in [-0.2, -0.15) is 0 Å². The van der Waals surface area contributed by atoms with Crippen LogP contribution in [0.25, 0.3) is 11.1 Å². The molecule has 0 saturated carbocycles. The lowest BCUT2D eigenvalue weighted by Crippen LogP contribution is -2.26. The maximum Gasteiger partial charge on any atom is 0.276 e. The zero-order valence-electron chi connectivity index (χ0n) is 19.6. The fourth-order valence-corrected chi connectivity index (χ4v) is 5.88. The van der Waals surface area contributed by atoms with Gasteiger partial charge in [0.05, 0.1) is 22.5 Å². The van der Waals surface area contributed by atoms with Gasteiger partial charge in [-0.3, -0.25) is 20.0 Å². The molecule has 2 aromatic carbocycles. The number of nitrogen functional groups attached to an aromatic ring is 1. The molecule has 0 radical (unpaired) electrons. The summed E-state index contributed by atoms with van der Waals surface area (Å²) in [4.78, 5) is 21.1. The van der Waals surface area contributed by atoms with E-state index in [1.165, 1.54) is 38.3 Å². The Kier molecular flexibility index (Phi) is 7.00. The number of sulfone groups is 1. The lowest BCUT2D eigenvalue weighted by molar-refractivity contribution is 0.0701. The summed E-state index contributed by atoms with van der Waals surface area (Å²) in [5.74, 6) is -0.503. The van der Waals surface area contributed by atoms with Crippen LogP contribution >= 0.6 is 0 Å². The third-order valence-electron chi connectivity index (χ3n) is 5.87. The fraction of sp³-hybridized carbons (Fsp3) is 0.115. The lowest BCUT2D eigenvalue weighted by atomic mass is 9.88. The number of ether oxygens (including phenoxy) is 1. The van der Waals surface area contributed by atoms with E-state index in [2.05, 4.69) is 9.97 Å². The number of aromatic nitrogens is 2. The Labute approximate surface area is 208 Å². The van der Waals surface area contributed by atoms with E-state index in [1.807, 2.05) is 0 Å².